The lowest BCUT2D eigenvalue weighted by atomic mass is 9.80. The molecule has 0 aliphatic heterocycles. The van der Waals surface area contributed by atoms with E-state index in [4.69, 9.17) is 9.47 Å². The van der Waals surface area contributed by atoms with E-state index >= 15 is 0 Å². The number of aryl methyl sites for hydroxylation is 2. The molecule has 4 aromatic rings. The van der Waals surface area contributed by atoms with Crippen LogP contribution in [0.15, 0.2) is 91.0 Å². The minimum atomic E-state index is -0.0559. The molecular weight excluding hydrogens is 557 g/mol. The van der Waals surface area contributed by atoms with E-state index in [9.17, 15) is 0 Å². The molecule has 4 aromatic carbocycles. The molecule has 4 rings (SSSR count). The fourth-order valence-electron chi connectivity index (χ4n) is 6.20. The van der Waals surface area contributed by atoms with Gasteiger partial charge in [-0.2, -0.15) is 0 Å². The van der Waals surface area contributed by atoms with Gasteiger partial charge in [0.05, 0.1) is 0 Å². The number of nitrogens with zero attached hydrogens (tertiary/aromatic N) is 1. The van der Waals surface area contributed by atoms with E-state index in [-0.39, 0.29) is 17.4 Å². The Hall–Kier alpha value is -2.97. The minimum absolute atomic E-state index is 0.0522. The van der Waals surface area contributed by atoms with E-state index < -0.39 is 0 Å². The second-order valence-corrected chi connectivity index (χ2v) is 14.8. The lowest BCUT2D eigenvalue weighted by Gasteiger charge is -2.38. The summed E-state index contributed by atoms with van der Waals surface area (Å²) in [6.07, 6.45) is 2.06. The van der Waals surface area contributed by atoms with Gasteiger partial charge in [0.2, 0.25) is 0 Å². The van der Waals surface area contributed by atoms with Gasteiger partial charge < -0.3 is 9.47 Å². The molecule has 0 aromatic heterocycles. The molecule has 0 aliphatic carbocycles. The summed E-state index contributed by atoms with van der Waals surface area (Å²) >= 11 is 0. The summed E-state index contributed by atoms with van der Waals surface area (Å²) in [4.78, 5) is 2.59. The Morgan fingerprint density at radius 1 is 0.705 bits per heavy atom. The van der Waals surface area contributed by atoms with Gasteiger partial charge in [0.15, 0.2) is 6.79 Å². The van der Waals surface area contributed by atoms with Crippen molar-refractivity contribution in [1.29, 1.82) is 0 Å². The van der Waals surface area contributed by atoms with Crippen molar-refractivity contribution in [2.45, 2.75) is 91.5 Å². The van der Waals surface area contributed by atoms with Crippen LogP contribution < -0.4 is 10.0 Å². The summed E-state index contributed by atoms with van der Waals surface area (Å²) in [5, 5.41) is 1.43. The molecule has 0 saturated carbocycles. The Morgan fingerprint density at radius 2 is 1.27 bits per heavy atom. The zero-order chi connectivity index (χ0) is 31.7. The molecule has 0 fully saturated rings. The predicted octanol–water partition coefficient (Wildman–Crippen LogP) is 9.81. The molecule has 0 bridgehead atoms. The third-order valence-electron chi connectivity index (χ3n) is 8.70. The van der Waals surface area contributed by atoms with Crippen molar-refractivity contribution in [2.24, 2.45) is 0 Å². The van der Waals surface area contributed by atoms with Crippen LogP contribution in [0.2, 0.25) is 0 Å². The molecule has 0 amide bonds. The van der Waals surface area contributed by atoms with Gasteiger partial charge in [-0.3, -0.25) is 4.90 Å². The molecule has 0 heterocycles. The summed E-state index contributed by atoms with van der Waals surface area (Å²) in [5.41, 5.74) is 9.28. The summed E-state index contributed by atoms with van der Waals surface area (Å²) < 4.78 is 11.9. The van der Waals surface area contributed by atoms with Crippen LogP contribution in [0.25, 0.3) is 0 Å². The number of hydrogen-bond donors (Lipinski definition) is 0. The van der Waals surface area contributed by atoms with E-state index in [0.717, 1.165) is 38.2 Å². The van der Waals surface area contributed by atoms with Crippen molar-refractivity contribution in [3.05, 3.63) is 130 Å². The topological polar surface area (TPSA) is 21.7 Å². The lowest BCUT2D eigenvalue weighted by Crippen LogP contribution is -2.29. The molecule has 0 N–H and O–H groups in total. The molecule has 1 atom stereocenters. The van der Waals surface area contributed by atoms with Crippen molar-refractivity contribution in [3.8, 4) is 5.75 Å². The van der Waals surface area contributed by atoms with Crippen LogP contribution >= 0.6 is 8.58 Å². The van der Waals surface area contributed by atoms with Crippen molar-refractivity contribution in [3.63, 3.8) is 0 Å². The highest BCUT2D eigenvalue weighted by Gasteiger charge is 2.36. The van der Waals surface area contributed by atoms with E-state index in [2.05, 4.69) is 144 Å². The molecule has 0 aliphatic rings. The monoisotopic (exact) mass is 609 g/mol. The first-order valence-corrected chi connectivity index (χ1v) is 17.0. The number of rotatable bonds is 14. The van der Waals surface area contributed by atoms with E-state index in [1.165, 1.54) is 44.2 Å². The van der Waals surface area contributed by atoms with Crippen LogP contribution in [-0.4, -0.2) is 18.8 Å². The third-order valence-corrected chi connectivity index (χ3v) is 11.1. The first kappa shape index (κ1) is 33.9. The van der Waals surface area contributed by atoms with Crippen LogP contribution in [0.4, 0.5) is 0 Å². The average molecular weight is 610 g/mol. The largest absolute Gasteiger partial charge is 0.467 e. The van der Waals surface area contributed by atoms with E-state index in [1.807, 2.05) is 0 Å². The van der Waals surface area contributed by atoms with Crippen LogP contribution in [-0.2, 0) is 34.9 Å². The summed E-state index contributed by atoms with van der Waals surface area (Å²) in [6.45, 7) is 19.0. The minimum Gasteiger partial charge on any atom is -0.467 e. The Labute approximate surface area is 268 Å². The van der Waals surface area contributed by atoms with Gasteiger partial charge in [-0.25, -0.2) is 0 Å². The molecule has 0 saturated heterocycles. The van der Waals surface area contributed by atoms with Crippen LogP contribution in [0, 0.1) is 13.8 Å². The number of benzene rings is 4. The van der Waals surface area contributed by atoms with Crippen LogP contribution in [0.3, 0.4) is 0 Å². The van der Waals surface area contributed by atoms with E-state index in [0.29, 0.717) is 8.58 Å². The van der Waals surface area contributed by atoms with E-state index in [1.54, 1.807) is 7.11 Å². The molecule has 234 valence electrons. The van der Waals surface area contributed by atoms with Gasteiger partial charge in [0.25, 0.3) is 0 Å². The maximum Gasteiger partial charge on any atom is 0.188 e. The van der Waals surface area contributed by atoms with Gasteiger partial charge in [0, 0.05) is 43.0 Å². The second-order valence-electron chi connectivity index (χ2n) is 13.1. The van der Waals surface area contributed by atoms with Crippen molar-refractivity contribution >= 4 is 13.9 Å². The Morgan fingerprint density at radius 3 is 1.80 bits per heavy atom. The highest BCUT2D eigenvalue weighted by atomic mass is 31.1. The zero-order valence-corrected chi connectivity index (χ0v) is 29.2. The van der Waals surface area contributed by atoms with Gasteiger partial charge in [0.1, 0.15) is 5.75 Å². The molecule has 3 nitrogen and oxygen atoms in total. The fraction of sp³-hybridized carbons (Fsp3) is 0.400. The normalized spacial score (nSPS) is 12.4. The van der Waals surface area contributed by atoms with Crippen LogP contribution in [0.5, 0.6) is 5.75 Å². The maximum absolute atomic E-state index is 6.48. The standard InChI is InChI=1S/C40H52NO2P/c1-9-40(10-2,36-25-30(3)24-35(39(5,6)7)37(36)43-29-42-8)44-38-31(4)18-17-23-34(38)28-41(26-32-19-13-11-14-20-32)27-33-21-15-12-16-22-33/h11-25,44H,9-10,26-29H2,1-8H3. The highest BCUT2D eigenvalue weighted by molar-refractivity contribution is 7.48. The second kappa shape index (κ2) is 15.3. The van der Waals surface area contributed by atoms with Gasteiger partial charge in [-0.05, 0) is 59.7 Å². The van der Waals surface area contributed by atoms with Gasteiger partial charge >= 0.3 is 0 Å². The number of ether oxygens (including phenoxy) is 2. The highest BCUT2D eigenvalue weighted by Crippen LogP contribution is 2.53. The number of methoxy groups -OCH3 is 1. The first-order valence-electron chi connectivity index (χ1n) is 16.0. The summed E-state index contributed by atoms with van der Waals surface area (Å²) in [6, 6.07) is 33.3. The van der Waals surface area contributed by atoms with Gasteiger partial charge in [-0.1, -0.05) is 140 Å². The molecule has 0 spiro atoms. The molecule has 4 heteroatoms. The maximum atomic E-state index is 6.48. The molecule has 0 radical (unpaired) electrons. The lowest BCUT2D eigenvalue weighted by molar-refractivity contribution is 0.0485. The number of hydrogen-bond acceptors (Lipinski definition) is 3. The SMILES string of the molecule is CCC(CC)(Pc1c(C)cccc1CN(Cc1ccccc1)Cc1ccccc1)c1cc(C)cc(C(C)(C)C)c1OCOC. The fourth-order valence-corrected chi connectivity index (χ4v) is 7.96. The molecular formula is C40H52NO2P. The molecule has 1 unspecified atom stereocenters. The molecule has 44 heavy (non-hydrogen) atoms. The van der Waals surface area contributed by atoms with Crippen molar-refractivity contribution in [2.75, 3.05) is 13.9 Å². The Balaban J connectivity index is 1.79. The first-order chi connectivity index (χ1) is 21.1. The Bertz CT molecular complexity index is 1430. The summed E-state index contributed by atoms with van der Waals surface area (Å²) in [7, 11) is 2.31. The smallest absolute Gasteiger partial charge is 0.188 e. The summed E-state index contributed by atoms with van der Waals surface area (Å²) in [5.74, 6) is 1.01. The zero-order valence-electron chi connectivity index (χ0n) is 28.2. The van der Waals surface area contributed by atoms with Crippen molar-refractivity contribution in [1.82, 2.24) is 4.90 Å². The Kier molecular flexibility index (Phi) is 11.8. The third kappa shape index (κ3) is 8.39. The predicted molar refractivity (Wildman–Crippen MR) is 190 cm³/mol. The quantitative estimate of drug-likeness (QED) is 0.105. The van der Waals surface area contributed by atoms with Crippen molar-refractivity contribution < 1.29 is 9.47 Å². The average Bonchev–Trinajstić information content (AvgIpc) is 3.01. The van der Waals surface area contributed by atoms with Gasteiger partial charge in [-0.15, -0.1) is 0 Å². The van der Waals surface area contributed by atoms with Crippen LogP contribution in [0.1, 0.15) is 86.4 Å².